The first-order valence-corrected chi connectivity index (χ1v) is 19.1. The topological polar surface area (TPSA) is 69.6 Å². The second-order valence-electron chi connectivity index (χ2n) is 13.0. The number of hydrogen-bond acceptors (Lipinski definition) is 3. The first-order chi connectivity index (χ1) is 21.2. The minimum absolute atomic E-state index is 0.0729. The summed E-state index contributed by atoms with van der Waals surface area (Å²) in [5, 5.41) is 22.9. The highest BCUT2D eigenvalue weighted by Crippen LogP contribution is 2.13. The van der Waals surface area contributed by atoms with Gasteiger partial charge in [-0.2, -0.15) is 0 Å². The lowest BCUT2D eigenvalue weighted by Crippen LogP contribution is -2.45. The molecule has 254 valence electrons. The van der Waals surface area contributed by atoms with E-state index < -0.39 is 12.1 Å². The van der Waals surface area contributed by atoms with Gasteiger partial charge in [-0.05, 0) is 44.9 Å². The fraction of sp³-hybridized carbons (Fsp3) is 0.872. The molecular formula is C39H75NO3. The van der Waals surface area contributed by atoms with Crippen LogP contribution in [0.5, 0.6) is 0 Å². The smallest absolute Gasteiger partial charge is 0.220 e. The van der Waals surface area contributed by atoms with Crippen molar-refractivity contribution in [1.82, 2.24) is 5.32 Å². The Morgan fingerprint density at radius 3 is 1.28 bits per heavy atom. The molecule has 2 atom stereocenters. The van der Waals surface area contributed by atoms with E-state index in [1.807, 2.05) is 6.08 Å². The molecule has 0 rings (SSSR count). The van der Waals surface area contributed by atoms with E-state index in [4.69, 9.17) is 0 Å². The molecule has 0 fully saturated rings. The maximum Gasteiger partial charge on any atom is 0.220 e. The predicted molar refractivity (Wildman–Crippen MR) is 189 cm³/mol. The van der Waals surface area contributed by atoms with Crippen molar-refractivity contribution in [2.75, 3.05) is 6.61 Å². The van der Waals surface area contributed by atoms with Gasteiger partial charge < -0.3 is 15.5 Å². The summed E-state index contributed by atoms with van der Waals surface area (Å²) in [5.41, 5.74) is 0. The van der Waals surface area contributed by atoms with Gasteiger partial charge in [0.2, 0.25) is 5.91 Å². The second kappa shape index (κ2) is 35.4. The molecular weight excluding hydrogens is 530 g/mol. The normalized spacial score (nSPS) is 13.3. The van der Waals surface area contributed by atoms with Crippen LogP contribution in [0.4, 0.5) is 0 Å². The van der Waals surface area contributed by atoms with E-state index in [2.05, 4.69) is 31.3 Å². The number of unbranched alkanes of at least 4 members (excludes halogenated alkanes) is 25. The van der Waals surface area contributed by atoms with Gasteiger partial charge in [-0.25, -0.2) is 0 Å². The maximum atomic E-state index is 12.3. The first-order valence-electron chi connectivity index (χ1n) is 19.1. The molecule has 0 aliphatic rings. The van der Waals surface area contributed by atoms with Crippen LogP contribution in [0.1, 0.15) is 200 Å². The molecule has 0 aliphatic carbocycles. The van der Waals surface area contributed by atoms with Crippen molar-refractivity contribution in [3.8, 4) is 0 Å². The minimum Gasteiger partial charge on any atom is -0.394 e. The molecule has 0 aromatic rings. The Labute approximate surface area is 269 Å². The van der Waals surface area contributed by atoms with Crippen LogP contribution in [-0.2, 0) is 4.79 Å². The lowest BCUT2D eigenvalue weighted by Gasteiger charge is -2.20. The third-order valence-corrected chi connectivity index (χ3v) is 8.68. The van der Waals surface area contributed by atoms with Crippen LogP contribution >= 0.6 is 0 Å². The fourth-order valence-electron chi connectivity index (χ4n) is 5.70. The summed E-state index contributed by atoms with van der Waals surface area (Å²) in [4.78, 5) is 12.3. The fourth-order valence-corrected chi connectivity index (χ4v) is 5.70. The maximum absolute atomic E-state index is 12.3. The monoisotopic (exact) mass is 606 g/mol. The van der Waals surface area contributed by atoms with E-state index in [0.29, 0.717) is 6.42 Å². The van der Waals surface area contributed by atoms with Crippen LogP contribution in [0.2, 0.25) is 0 Å². The summed E-state index contributed by atoms with van der Waals surface area (Å²) >= 11 is 0. The van der Waals surface area contributed by atoms with Crippen molar-refractivity contribution in [3.05, 3.63) is 24.3 Å². The zero-order valence-corrected chi connectivity index (χ0v) is 29.0. The first kappa shape index (κ1) is 41.9. The largest absolute Gasteiger partial charge is 0.394 e. The van der Waals surface area contributed by atoms with Crippen molar-refractivity contribution < 1.29 is 15.0 Å². The van der Waals surface area contributed by atoms with Gasteiger partial charge in [0.15, 0.2) is 0 Å². The number of amides is 1. The standard InChI is InChI=1S/C39H75NO3/c1-3-5-7-9-11-13-15-17-18-19-20-21-23-25-27-29-31-33-35-39(43)40-37(36-41)38(42)34-32-30-28-26-24-22-16-14-12-10-8-6-4-2/h20-21,32,34,37-38,41-42H,3-19,22-31,33,35-36H2,1-2H3,(H,40,43)/b21-20-,34-32+. The lowest BCUT2D eigenvalue weighted by molar-refractivity contribution is -0.123. The number of nitrogens with one attached hydrogen (secondary N) is 1. The summed E-state index contributed by atoms with van der Waals surface area (Å²) < 4.78 is 0. The lowest BCUT2D eigenvalue weighted by atomic mass is 10.0. The molecule has 4 heteroatoms. The number of allylic oxidation sites excluding steroid dienone is 3. The number of aliphatic hydroxyl groups is 2. The summed E-state index contributed by atoms with van der Waals surface area (Å²) in [6.45, 7) is 4.29. The molecule has 0 spiro atoms. The second-order valence-corrected chi connectivity index (χ2v) is 13.0. The van der Waals surface area contributed by atoms with E-state index in [9.17, 15) is 15.0 Å². The Balaban J connectivity index is 3.61. The Hall–Kier alpha value is -1.13. The van der Waals surface area contributed by atoms with Crippen LogP contribution in [0.15, 0.2) is 24.3 Å². The highest BCUT2D eigenvalue weighted by atomic mass is 16.3. The van der Waals surface area contributed by atoms with Crippen molar-refractivity contribution in [2.45, 2.75) is 212 Å². The number of carbonyl (C=O) groups is 1. The van der Waals surface area contributed by atoms with Gasteiger partial charge in [0.05, 0.1) is 18.8 Å². The van der Waals surface area contributed by atoms with Crippen LogP contribution in [-0.4, -0.2) is 34.9 Å². The van der Waals surface area contributed by atoms with E-state index in [1.54, 1.807) is 6.08 Å². The van der Waals surface area contributed by atoms with Crippen molar-refractivity contribution in [2.24, 2.45) is 0 Å². The molecule has 0 aromatic carbocycles. The van der Waals surface area contributed by atoms with Gasteiger partial charge in [-0.1, -0.05) is 173 Å². The molecule has 0 heterocycles. The van der Waals surface area contributed by atoms with Gasteiger partial charge in [0, 0.05) is 6.42 Å². The summed E-state index contributed by atoms with van der Waals surface area (Å²) in [5.74, 6) is -0.0729. The van der Waals surface area contributed by atoms with Gasteiger partial charge in [-0.15, -0.1) is 0 Å². The van der Waals surface area contributed by atoms with Gasteiger partial charge in [-0.3, -0.25) is 4.79 Å². The molecule has 0 aromatic heterocycles. The van der Waals surface area contributed by atoms with Crippen molar-refractivity contribution in [1.29, 1.82) is 0 Å². The van der Waals surface area contributed by atoms with Gasteiger partial charge in [0.25, 0.3) is 0 Å². The summed E-state index contributed by atoms with van der Waals surface area (Å²) in [6, 6.07) is -0.622. The van der Waals surface area contributed by atoms with E-state index >= 15 is 0 Å². The molecule has 0 radical (unpaired) electrons. The molecule has 43 heavy (non-hydrogen) atoms. The molecule has 0 bridgehead atoms. The van der Waals surface area contributed by atoms with Crippen LogP contribution in [0.3, 0.4) is 0 Å². The van der Waals surface area contributed by atoms with E-state index in [1.165, 1.54) is 148 Å². The third-order valence-electron chi connectivity index (χ3n) is 8.68. The molecule has 1 amide bonds. The van der Waals surface area contributed by atoms with Crippen LogP contribution in [0, 0.1) is 0 Å². The van der Waals surface area contributed by atoms with E-state index in [0.717, 1.165) is 32.1 Å². The zero-order valence-electron chi connectivity index (χ0n) is 29.0. The average Bonchev–Trinajstić information content (AvgIpc) is 3.01. The molecule has 0 saturated heterocycles. The number of carbonyl (C=O) groups excluding carboxylic acids is 1. The van der Waals surface area contributed by atoms with E-state index in [-0.39, 0.29) is 12.5 Å². The summed E-state index contributed by atoms with van der Waals surface area (Å²) in [6.07, 6.45) is 44.0. The van der Waals surface area contributed by atoms with Crippen LogP contribution in [0.25, 0.3) is 0 Å². The van der Waals surface area contributed by atoms with Crippen molar-refractivity contribution in [3.63, 3.8) is 0 Å². The molecule has 4 nitrogen and oxygen atoms in total. The molecule has 3 N–H and O–H groups in total. The van der Waals surface area contributed by atoms with Crippen molar-refractivity contribution >= 4 is 5.91 Å². The van der Waals surface area contributed by atoms with Gasteiger partial charge in [0.1, 0.15) is 0 Å². The number of rotatable bonds is 34. The highest BCUT2D eigenvalue weighted by Gasteiger charge is 2.17. The number of hydrogen-bond donors (Lipinski definition) is 3. The Bertz CT molecular complexity index is 618. The molecule has 0 saturated carbocycles. The molecule has 0 aliphatic heterocycles. The Morgan fingerprint density at radius 2 is 0.884 bits per heavy atom. The molecule has 2 unspecified atom stereocenters. The summed E-state index contributed by atoms with van der Waals surface area (Å²) in [7, 11) is 0. The van der Waals surface area contributed by atoms with Gasteiger partial charge >= 0.3 is 0 Å². The zero-order chi connectivity index (χ0) is 31.5. The minimum atomic E-state index is -0.838. The number of aliphatic hydroxyl groups excluding tert-OH is 2. The quantitative estimate of drug-likeness (QED) is 0.0505. The van der Waals surface area contributed by atoms with Crippen LogP contribution < -0.4 is 5.32 Å². The highest BCUT2D eigenvalue weighted by molar-refractivity contribution is 5.76. The average molecular weight is 606 g/mol. The third kappa shape index (κ3) is 32.1. The predicted octanol–water partition coefficient (Wildman–Crippen LogP) is 11.3. The SMILES string of the molecule is CCCCCCCCCCC/C=C\CCCCCCCC(=O)NC(CO)C(O)/C=C/CCCCCCCCCCCCC. The Morgan fingerprint density at radius 1 is 0.535 bits per heavy atom. The Kier molecular flexibility index (Phi) is 34.4.